The summed E-state index contributed by atoms with van der Waals surface area (Å²) in [5.41, 5.74) is 2.65. The van der Waals surface area contributed by atoms with Crippen molar-refractivity contribution in [3.8, 4) is 5.75 Å². The average Bonchev–Trinajstić information content (AvgIpc) is 2.59. The standard InChI is InChI=1S/C13H13ClN2O/c1-9-3-5-11(16(9)2)8-15-12-6-4-10(14)7-13(12)17/h3-8,17H,1-2H3. The molecule has 0 atom stereocenters. The lowest BCUT2D eigenvalue weighted by Crippen LogP contribution is -1.96. The summed E-state index contributed by atoms with van der Waals surface area (Å²) in [5.74, 6) is 0.0830. The molecular weight excluding hydrogens is 236 g/mol. The Labute approximate surface area is 105 Å². The third-order valence-corrected chi connectivity index (χ3v) is 2.92. The Kier molecular flexibility index (Phi) is 3.20. The summed E-state index contributed by atoms with van der Waals surface area (Å²) in [6.45, 7) is 2.02. The number of rotatable bonds is 2. The number of aromatic hydroxyl groups is 1. The van der Waals surface area contributed by atoms with Crippen LogP contribution in [0.4, 0.5) is 5.69 Å². The van der Waals surface area contributed by atoms with E-state index in [4.69, 9.17) is 11.6 Å². The third kappa shape index (κ3) is 2.50. The number of aryl methyl sites for hydroxylation is 1. The highest BCUT2D eigenvalue weighted by atomic mass is 35.5. The monoisotopic (exact) mass is 248 g/mol. The molecule has 0 spiro atoms. The number of phenolic OH excluding ortho intramolecular Hbond substituents is 1. The number of aliphatic imine (C=N–C) groups is 1. The van der Waals surface area contributed by atoms with Gasteiger partial charge in [0, 0.05) is 23.8 Å². The highest BCUT2D eigenvalue weighted by molar-refractivity contribution is 6.30. The van der Waals surface area contributed by atoms with E-state index in [1.807, 2.05) is 30.7 Å². The van der Waals surface area contributed by atoms with Crippen LogP contribution in [0, 0.1) is 6.92 Å². The minimum Gasteiger partial charge on any atom is -0.506 e. The zero-order chi connectivity index (χ0) is 12.4. The van der Waals surface area contributed by atoms with Crippen LogP contribution in [-0.4, -0.2) is 15.9 Å². The number of phenols is 1. The van der Waals surface area contributed by atoms with Crippen LogP contribution in [0.5, 0.6) is 5.75 Å². The first-order valence-corrected chi connectivity index (χ1v) is 5.60. The SMILES string of the molecule is Cc1ccc(C=Nc2ccc(Cl)cc2O)n1C. The summed E-state index contributed by atoms with van der Waals surface area (Å²) in [5, 5.41) is 10.1. The Morgan fingerprint density at radius 1 is 1.29 bits per heavy atom. The smallest absolute Gasteiger partial charge is 0.142 e. The highest BCUT2D eigenvalue weighted by Gasteiger charge is 2.01. The van der Waals surface area contributed by atoms with Crippen LogP contribution < -0.4 is 0 Å². The normalized spacial score (nSPS) is 11.2. The van der Waals surface area contributed by atoms with Crippen molar-refractivity contribution >= 4 is 23.5 Å². The Morgan fingerprint density at radius 3 is 2.65 bits per heavy atom. The van der Waals surface area contributed by atoms with Gasteiger partial charge in [-0.15, -0.1) is 0 Å². The van der Waals surface area contributed by atoms with E-state index in [1.165, 1.54) is 6.07 Å². The van der Waals surface area contributed by atoms with Gasteiger partial charge in [0.05, 0.1) is 11.9 Å². The molecule has 0 fully saturated rings. The van der Waals surface area contributed by atoms with Crippen molar-refractivity contribution in [3.05, 3.63) is 46.7 Å². The van der Waals surface area contributed by atoms with Crippen molar-refractivity contribution in [3.63, 3.8) is 0 Å². The summed E-state index contributed by atoms with van der Waals surface area (Å²) in [6.07, 6.45) is 1.72. The maximum Gasteiger partial charge on any atom is 0.142 e. The molecule has 17 heavy (non-hydrogen) atoms. The molecule has 1 aromatic carbocycles. The first-order valence-electron chi connectivity index (χ1n) is 5.23. The first kappa shape index (κ1) is 11.7. The van der Waals surface area contributed by atoms with Crippen molar-refractivity contribution in [2.75, 3.05) is 0 Å². The summed E-state index contributed by atoms with van der Waals surface area (Å²) in [4.78, 5) is 4.24. The van der Waals surface area contributed by atoms with Gasteiger partial charge in [0.25, 0.3) is 0 Å². The van der Waals surface area contributed by atoms with Crippen LogP contribution >= 0.6 is 11.6 Å². The molecule has 3 nitrogen and oxygen atoms in total. The van der Waals surface area contributed by atoms with Gasteiger partial charge in [0.2, 0.25) is 0 Å². The van der Waals surface area contributed by atoms with E-state index in [9.17, 15) is 5.11 Å². The number of benzene rings is 1. The minimum absolute atomic E-state index is 0.0830. The first-order chi connectivity index (χ1) is 8.08. The number of hydrogen-bond donors (Lipinski definition) is 1. The zero-order valence-corrected chi connectivity index (χ0v) is 10.4. The fourth-order valence-corrected chi connectivity index (χ4v) is 1.67. The average molecular weight is 249 g/mol. The molecule has 0 radical (unpaired) electrons. The molecule has 0 aliphatic carbocycles. The fourth-order valence-electron chi connectivity index (χ4n) is 1.50. The van der Waals surface area contributed by atoms with Crippen LogP contribution in [0.3, 0.4) is 0 Å². The molecule has 88 valence electrons. The van der Waals surface area contributed by atoms with E-state index in [0.29, 0.717) is 10.7 Å². The van der Waals surface area contributed by atoms with Gasteiger partial charge in [-0.05, 0) is 31.2 Å². The number of hydrogen-bond acceptors (Lipinski definition) is 2. The van der Waals surface area contributed by atoms with Crippen molar-refractivity contribution < 1.29 is 5.11 Å². The Hall–Kier alpha value is -1.74. The van der Waals surface area contributed by atoms with Crippen molar-refractivity contribution in [2.45, 2.75) is 6.92 Å². The predicted molar refractivity (Wildman–Crippen MR) is 70.5 cm³/mol. The second kappa shape index (κ2) is 4.63. The van der Waals surface area contributed by atoms with Crippen LogP contribution in [0.15, 0.2) is 35.3 Å². The summed E-state index contributed by atoms with van der Waals surface area (Å²) >= 11 is 5.75. The lowest BCUT2D eigenvalue weighted by molar-refractivity contribution is 0.477. The van der Waals surface area contributed by atoms with E-state index in [0.717, 1.165) is 11.4 Å². The maximum atomic E-state index is 9.64. The van der Waals surface area contributed by atoms with E-state index in [1.54, 1.807) is 18.3 Å². The van der Waals surface area contributed by atoms with E-state index in [2.05, 4.69) is 4.99 Å². The van der Waals surface area contributed by atoms with Crippen molar-refractivity contribution in [2.24, 2.45) is 12.0 Å². The molecule has 0 aliphatic rings. The van der Waals surface area contributed by atoms with Crippen molar-refractivity contribution in [1.82, 2.24) is 4.57 Å². The Balaban J connectivity index is 2.29. The fraction of sp³-hybridized carbons (Fsp3) is 0.154. The lowest BCUT2D eigenvalue weighted by atomic mass is 10.3. The molecule has 0 bridgehead atoms. The van der Waals surface area contributed by atoms with Gasteiger partial charge in [0.1, 0.15) is 11.4 Å². The highest BCUT2D eigenvalue weighted by Crippen LogP contribution is 2.28. The van der Waals surface area contributed by atoms with Crippen molar-refractivity contribution in [1.29, 1.82) is 0 Å². The molecule has 0 saturated carbocycles. The molecule has 0 amide bonds. The summed E-state index contributed by atoms with van der Waals surface area (Å²) in [6, 6.07) is 8.85. The van der Waals surface area contributed by atoms with E-state index >= 15 is 0 Å². The van der Waals surface area contributed by atoms with Crippen LogP contribution in [-0.2, 0) is 7.05 Å². The molecule has 1 aromatic heterocycles. The molecule has 2 aromatic rings. The molecule has 1 N–H and O–H groups in total. The molecule has 0 aliphatic heterocycles. The summed E-state index contributed by atoms with van der Waals surface area (Å²) in [7, 11) is 1.97. The molecule has 2 rings (SSSR count). The maximum absolute atomic E-state index is 9.64. The quantitative estimate of drug-likeness (QED) is 0.813. The van der Waals surface area contributed by atoms with Gasteiger partial charge in [0.15, 0.2) is 0 Å². The number of aromatic nitrogens is 1. The van der Waals surface area contributed by atoms with Gasteiger partial charge in [-0.2, -0.15) is 0 Å². The van der Waals surface area contributed by atoms with Gasteiger partial charge in [-0.25, -0.2) is 0 Å². The lowest BCUT2D eigenvalue weighted by Gasteiger charge is -2.01. The Bertz CT molecular complexity index is 573. The van der Waals surface area contributed by atoms with Crippen LogP contribution in [0.25, 0.3) is 0 Å². The number of nitrogens with zero attached hydrogens (tertiary/aromatic N) is 2. The molecule has 1 heterocycles. The predicted octanol–water partition coefficient (Wildman–Crippen LogP) is 3.44. The number of halogens is 1. The van der Waals surface area contributed by atoms with Gasteiger partial charge in [-0.1, -0.05) is 11.6 Å². The molecule has 0 unspecified atom stereocenters. The molecule has 4 heteroatoms. The van der Waals surface area contributed by atoms with Crippen LogP contribution in [0.1, 0.15) is 11.4 Å². The summed E-state index contributed by atoms with van der Waals surface area (Å²) < 4.78 is 2.02. The van der Waals surface area contributed by atoms with Gasteiger partial charge >= 0.3 is 0 Å². The topological polar surface area (TPSA) is 37.5 Å². The largest absolute Gasteiger partial charge is 0.506 e. The zero-order valence-electron chi connectivity index (χ0n) is 9.68. The van der Waals surface area contributed by atoms with Gasteiger partial charge in [-0.3, -0.25) is 4.99 Å². The second-order valence-electron chi connectivity index (χ2n) is 3.85. The van der Waals surface area contributed by atoms with E-state index < -0.39 is 0 Å². The van der Waals surface area contributed by atoms with Crippen LogP contribution in [0.2, 0.25) is 5.02 Å². The third-order valence-electron chi connectivity index (χ3n) is 2.69. The molecular formula is C13H13ClN2O. The van der Waals surface area contributed by atoms with Gasteiger partial charge < -0.3 is 9.67 Å². The molecule has 0 saturated heterocycles. The Morgan fingerprint density at radius 2 is 2.06 bits per heavy atom. The minimum atomic E-state index is 0.0830. The van der Waals surface area contributed by atoms with E-state index in [-0.39, 0.29) is 5.75 Å². The second-order valence-corrected chi connectivity index (χ2v) is 4.29.